The van der Waals surface area contributed by atoms with Gasteiger partial charge in [-0.15, -0.1) is 0 Å². The molecular formula is C17H20F2N2O3. The van der Waals surface area contributed by atoms with E-state index in [9.17, 15) is 18.4 Å². The molecule has 0 bridgehead atoms. The highest BCUT2D eigenvalue weighted by atomic mass is 19.3. The predicted octanol–water partition coefficient (Wildman–Crippen LogP) is 3.60. The minimum atomic E-state index is -2.59. The van der Waals surface area contributed by atoms with Crippen LogP contribution in [0.25, 0.3) is 0 Å². The van der Waals surface area contributed by atoms with Gasteiger partial charge in [-0.3, -0.25) is 4.79 Å². The van der Waals surface area contributed by atoms with Crippen molar-refractivity contribution < 1.29 is 23.1 Å². The number of benzene rings is 1. The van der Waals surface area contributed by atoms with Gasteiger partial charge in [-0.1, -0.05) is 0 Å². The molecule has 0 saturated heterocycles. The zero-order chi connectivity index (χ0) is 17.5. The molecule has 0 atom stereocenters. The van der Waals surface area contributed by atoms with Crippen molar-refractivity contribution in [3.8, 4) is 5.75 Å². The number of anilines is 1. The molecule has 5 nitrogen and oxygen atoms in total. The summed E-state index contributed by atoms with van der Waals surface area (Å²) in [6, 6.07) is 4.39. The van der Waals surface area contributed by atoms with Crippen molar-refractivity contribution in [1.82, 2.24) is 5.32 Å². The van der Waals surface area contributed by atoms with Gasteiger partial charge in [0.25, 0.3) is 0 Å². The Morgan fingerprint density at radius 3 is 2.71 bits per heavy atom. The van der Waals surface area contributed by atoms with Crippen molar-refractivity contribution in [2.45, 2.75) is 44.6 Å². The summed E-state index contributed by atoms with van der Waals surface area (Å²) in [4.78, 5) is 24.0. The smallest absolute Gasteiger partial charge is 0.319 e. The molecule has 1 aliphatic heterocycles. The van der Waals surface area contributed by atoms with Crippen LogP contribution in [-0.2, 0) is 0 Å². The molecule has 1 aromatic carbocycles. The molecule has 3 rings (SSSR count). The Morgan fingerprint density at radius 2 is 2.04 bits per heavy atom. The summed E-state index contributed by atoms with van der Waals surface area (Å²) < 4.78 is 31.2. The number of urea groups is 1. The molecule has 2 amide bonds. The van der Waals surface area contributed by atoms with Crippen LogP contribution in [0.5, 0.6) is 5.75 Å². The van der Waals surface area contributed by atoms with Crippen LogP contribution in [0, 0.1) is 5.92 Å². The third-order valence-electron chi connectivity index (χ3n) is 4.24. The second-order valence-corrected chi connectivity index (χ2v) is 7.14. The van der Waals surface area contributed by atoms with E-state index in [4.69, 9.17) is 4.74 Å². The number of nitrogens with one attached hydrogen (secondary N) is 2. The zero-order valence-electron chi connectivity index (χ0n) is 13.6. The van der Waals surface area contributed by atoms with E-state index in [1.165, 1.54) is 0 Å². The lowest BCUT2D eigenvalue weighted by molar-refractivity contribution is -0.108. The lowest BCUT2D eigenvalue weighted by Gasteiger charge is -2.34. The molecule has 0 aromatic heterocycles. The molecule has 2 aliphatic rings. The molecule has 24 heavy (non-hydrogen) atoms. The summed E-state index contributed by atoms with van der Waals surface area (Å²) in [5.41, 5.74) is 0.355. The highest BCUT2D eigenvalue weighted by Gasteiger charge is 2.45. The molecule has 1 aliphatic carbocycles. The van der Waals surface area contributed by atoms with Crippen LogP contribution >= 0.6 is 0 Å². The standard InChI is InChI=1S/C17H20F2N2O3/c1-16(2)8-13(22)12-5-11(3-4-14(12)24-16)21-15(23)20-9-10-6-17(18,19)7-10/h3-5,10H,6-9H2,1-2H3,(H2,20,21,23). The van der Waals surface area contributed by atoms with E-state index in [0.717, 1.165) is 0 Å². The number of halogens is 2. The number of rotatable bonds is 3. The minimum Gasteiger partial charge on any atom is -0.487 e. The van der Waals surface area contributed by atoms with Gasteiger partial charge in [0, 0.05) is 25.1 Å². The summed E-state index contributed by atoms with van der Waals surface area (Å²) in [5.74, 6) is -2.32. The van der Waals surface area contributed by atoms with E-state index in [0.29, 0.717) is 17.0 Å². The first-order chi connectivity index (χ1) is 11.1. The van der Waals surface area contributed by atoms with E-state index < -0.39 is 17.6 Å². The minimum absolute atomic E-state index is 0.0398. The van der Waals surface area contributed by atoms with E-state index in [-0.39, 0.29) is 37.5 Å². The second-order valence-electron chi connectivity index (χ2n) is 7.14. The van der Waals surface area contributed by atoms with Crippen molar-refractivity contribution in [1.29, 1.82) is 0 Å². The fourth-order valence-corrected chi connectivity index (χ4v) is 3.07. The average molecular weight is 338 g/mol. The Morgan fingerprint density at radius 1 is 1.33 bits per heavy atom. The summed E-state index contributed by atoms with van der Waals surface area (Å²) in [7, 11) is 0. The van der Waals surface area contributed by atoms with Crippen molar-refractivity contribution in [2.24, 2.45) is 5.92 Å². The molecule has 1 heterocycles. The maximum atomic E-state index is 12.7. The van der Waals surface area contributed by atoms with Gasteiger partial charge in [0.05, 0.1) is 12.0 Å². The van der Waals surface area contributed by atoms with Crippen LogP contribution in [0.2, 0.25) is 0 Å². The van der Waals surface area contributed by atoms with Crippen LogP contribution < -0.4 is 15.4 Å². The van der Waals surface area contributed by atoms with Gasteiger partial charge in [0.15, 0.2) is 5.78 Å². The van der Waals surface area contributed by atoms with Gasteiger partial charge < -0.3 is 15.4 Å². The summed E-state index contributed by atoms with van der Waals surface area (Å²) in [6.07, 6.45) is -0.104. The van der Waals surface area contributed by atoms with Crippen molar-refractivity contribution in [3.63, 3.8) is 0 Å². The number of hydrogen-bond donors (Lipinski definition) is 2. The summed E-state index contributed by atoms with van der Waals surface area (Å²) in [5, 5.41) is 5.19. The van der Waals surface area contributed by atoms with Crippen LogP contribution in [0.4, 0.5) is 19.3 Å². The van der Waals surface area contributed by atoms with Crippen LogP contribution in [0.3, 0.4) is 0 Å². The number of Topliss-reactive ketones (excluding diaryl/α,β-unsaturated/α-hetero) is 1. The molecule has 1 saturated carbocycles. The Balaban J connectivity index is 1.57. The highest BCUT2D eigenvalue weighted by Crippen LogP contribution is 2.41. The van der Waals surface area contributed by atoms with E-state index >= 15 is 0 Å². The maximum absolute atomic E-state index is 12.7. The maximum Gasteiger partial charge on any atom is 0.319 e. The highest BCUT2D eigenvalue weighted by molar-refractivity contribution is 6.02. The fraction of sp³-hybridized carbons (Fsp3) is 0.529. The average Bonchev–Trinajstić information content (AvgIpc) is 2.42. The van der Waals surface area contributed by atoms with Crippen molar-refractivity contribution >= 4 is 17.5 Å². The van der Waals surface area contributed by atoms with Gasteiger partial charge in [-0.05, 0) is 38.0 Å². The number of carbonyl (C=O) groups excluding carboxylic acids is 2. The van der Waals surface area contributed by atoms with Crippen LogP contribution in [-0.4, -0.2) is 29.9 Å². The number of fused-ring (bicyclic) bond motifs is 1. The predicted molar refractivity (Wildman–Crippen MR) is 84.8 cm³/mol. The SMILES string of the molecule is CC1(C)CC(=O)c2cc(NC(=O)NCC3CC(F)(F)C3)ccc2O1. The van der Waals surface area contributed by atoms with Crippen molar-refractivity contribution in [3.05, 3.63) is 23.8 Å². The number of hydrogen-bond acceptors (Lipinski definition) is 3. The molecule has 0 unspecified atom stereocenters. The monoisotopic (exact) mass is 338 g/mol. The second kappa shape index (κ2) is 5.72. The molecule has 2 N–H and O–H groups in total. The number of amides is 2. The molecule has 130 valence electrons. The lowest BCUT2D eigenvalue weighted by Crippen LogP contribution is -2.43. The first kappa shape index (κ1) is 16.7. The first-order valence-corrected chi connectivity index (χ1v) is 7.93. The Bertz CT molecular complexity index is 680. The lowest BCUT2D eigenvalue weighted by atomic mass is 9.81. The van der Waals surface area contributed by atoms with Crippen LogP contribution in [0.1, 0.15) is 43.5 Å². The molecule has 0 spiro atoms. The van der Waals surface area contributed by atoms with Crippen LogP contribution in [0.15, 0.2) is 18.2 Å². The van der Waals surface area contributed by atoms with Gasteiger partial charge in [-0.25, -0.2) is 13.6 Å². The normalized spacial score (nSPS) is 21.2. The molecule has 7 heteroatoms. The zero-order valence-corrected chi connectivity index (χ0v) is 13.6. The van der Waals surface area contributed by atoms with Crippen molar-refractivity contribution in [2.75, 3.05) is 11.9 Å². The quantitative estimate of drug-likeness (QED) is 0.885. The Labute approximate surface area is 138 Å². The number of ketones is 1. The molecule has 1 aromatic rings. The van der Waals surface area contributed by atoms with Gasteiger partial charge in [0.2, 0.25) is 5.92 Å². The molecular weight excluding hydrogens is 318 g/mol. The van der Waals surface area contributed by atoms with E-state index in [2.05, 4.69) is 10.6 Å². The third-order valence-corrected chi connectivity index (χ3v) is 4.24. The number of alkyl halides is 2. The Hall–Kier alpha value is -2.18. The summed E-state index contributed by atoms with van der Waals surface area (Å²) in [6.45, 7) is 3.90. The number of carbonyl (C=O) groups is 2. The third kappa shape index (κ3) is 3.66. The Kier molecular flexibility index (Phi) is 3.97. The van der Waals surface area contributed by atoms with Gasteiger partial charge in [0.1, 0.15) is 11.4 Å². The van der Waals surface area contributed by atoms with E-state index in [1.54, 1.807) is 18.2 Å². The topological polar surface area (TPSA) is 67.4 Å². The largest absolute Gasteiger partial charge is 0.487 e. The fourth-order valence-electron chi connectivity index (χ4n) is 3.07. The first-order valence-electron chi connectivity index (χ1n) is 7.93. The molecule has 0 radical (unpaired) electrons. The number of ether oxygens (including phenoxy) is 1. The van der Waals surface area contributed by atoms with Gasteiger partial charge in [-0.2, -0.15) is 0 Å². The van der Waals surface area contributed by atoms with Gasteiger partial charge >= 0.3 is 6.03 Å². The summed E-state index contributed by atoms with van der Waals surface area (Å²) >= 11 is 0. The molecule has 1 fully saturated rings. The van der Waals surface area contributed by atoms with E-state index in [1.807, 2.05) is 13.8 Å².